The normalized spacial score (nSPS) is 17.9. The first kappa shape index (κ1) is 18.7. The molecule has 0 spiro atoms. The monoisotopic (exact) mass is 250 g/mol. The Bertz CT molecular complexity index is 289. The van der Waals surface area contributed by atoms with Crippen LogP contribution in [0.25, 0.3) is 0 Å². The Morgan fingerprint density at radius 3 is 2.07 bits per heavy atom. The molecular weight excluding hydrogens is 241 g/mol. The maximum absolute atomic E-state index is 11.1. The summed E-state index contributed by atoms with van der Waals surface area (Å²) in [5, 5.41) is 9.97. The number of aliphatic carboxylic acids is 1. The van der Waals surface area contributed by atoms with Crippen LogP contribution >= 0.6 is 7.37 Å². The average molecular weight is 250 g/mol. The molecule has 0 bridgehead atoms. The summed E-state index contributed by atoms with van der Waals surface area (Å²) < 4.78 is 11.1. The number of carbonyl (C=O) groups is 2. The Morgan fingerprint density at radius 2 is 1.73 bits per heavy atom. The molecule has 1 aliphatic carbocycles. The SMILES string of the molecule is O=C([O-])CCP(=O)([O-])C(=O)C1CC1.[Na+].[Na+]. The fraction of sp³-hybridized carbons (Fsp3) is 0.714. The second kappa shape index (κ2) is 7.62. The molecule has 15 heavy (non-hydrogen) atoms. The number of carboxylic acid groups (broad SMARTS) is 1. The van der Waals surface area contributed by atoms with Gasteiger partial charge in [-0.15, -0.1) is 0 Å². The van der Waals surface area contributed by atoms with Crippen LogP contribution in [-0.2, 0) is 14.2 Å². The quantitative estimate of drug-likeness (QED) is 0.356. The predicted molar refractivity (Wildman–Crippen MR) is 39.8 cm³/mol. The Morgan fingerprint density at radius 1 is 1.27 bits per heavy atom. The van der Waals surface area contributed by atoms with Gasteiger partial charge < -0.3 is 19.4 Å². The number of carbonyl (C=O) groups excluding carboxylic acids is 2. The van der Waals surface area contributed by atoms with Crippen molar-refractivity contribution >= 4 is 18.9 Å². The predicted octanol–water partition coefficient (Wildman–Crippen LogP) is -7.29. The minimum atomic E-state index is -4.14. The third-order valence-electron chi connectivity index (χ3n) is 1.87. The summed E-state index contributed by atoms with van der Waals surface area (Å²) in [6, 6.07) is 0. The van der Waals surface area contributed by atoms with Gasteiger partial charge in [-0.3, -0.25) is 4.79 Å². The molecule has 1 aliphatic rings. The zero-order valence-corrected chi connectivity index (χ0v) is 13.8. The molecule has 0 amide bonds. The van der Waals surface area contributed by atoms with Gasteiger partial charge in [-0.2, -0.15) is 0 Å². The summed E-state index contributed by atoms with van der Waals surface area (Å²) in [7, 11) is -4.14. The standard InChI is InChI=1S/C7H11O5P.2Na/c8-6(9)3-4-13(11,12)7(10)5-1-2-5;;/h5H,1-4H2,(H,8,9)(H,11,12);;/q;2*+1/p-2. The molecule has 5 nitrogen and oxygen atoms in total. The second-order valence-corrected chi connectivity index (χ2v) is 5.37. The van der Waals surface area contributed by atoms with Gasteiger partial charge >= 0.3 is 59.1 Å². The summed E-state index contributed by atoms with van der Waals surface area (Å²) in [6.07, 6.45) is 0.0106. The van der Waals surface area contributed by atoms with Crippen LogP contribution in [0.1, 0.15) is 19.3 Å². The summed E-state index contributed by atoms with van der Waals surface area (Å²) >= 11 is 0. The van der Waals surface area contributed by atoms with E-state index in [9.17, 15) is 24.2 Å². The minimum absolute atomic E-state index is 0. The van der Waals surface area contributed by atoms with E-state index in [1.807, 2.05) is 0 Å². The van der Waals surface area contributed by atoms with E-state index in [0.29, 0.717) is 12.8 Å². The van der Waals surface area contributed by atoms with Gasteiger partial charge in [0.1, 0.15) is 0 Å². The molecule has 1 atom stereocenters. The third-order valence-corrected chi connectivity index (χ3v) is 3.72. The van der Waals surface area contributed by atoms with Crippen molar-refractivity contribution in [1.82, 2.24) is 0 Å². The average Bonchev–Trinajstić information content (AvgIpc) is 2.82. The zero-order valence-electron chi connectivity index (χ0n) is 8.89. The zero-order chi connectivity index (χ0) is 10.1. The molecule has 0 aliphatic heterocycles. The number of rotatable bonds is 5. The molecule has 0 saturated heterocycles. The van der Waals surface area contributed by atoms with Crippen molar-refractivity contribution in [3.05, 3.63) is 0 Å². The molecular formula is C7H9Na2O5P. The number of carboxylic acids is 1. The van der Waals surface area contributed by atoms with E-state index in [2.05, 4.69) is 0 Å². The fourth-order valence-corrected chi connectivity index (χ4v) is 2.47. The van der Waals surface area contributed by atoms with E-state index in [1.54, 1.807) is 0 Å². The third kappa shape index (κ3) is 6.59. The molecule has 0 heterocycles. The summed E-state index contributed by atoms with van der Waals surface area (Å²) in [4.78, 5) is 32.1. The van der Waals surface area contributed by atoms with Crippen molar-refractivity contribution in [2.45, 2.75) is 19.3 Å². The molecule has 0 radical (unpaired) electrons. The maximum atomic E-state index is 11.1. The van der Waals surface area contributed by atoms with Crippen molar-refractivity contribution in [2.24, 2.45) is 5.92 Å². The molecule has 8 heteroatoms. The molecule has 0 aromatic heterocycles. The van der Waals surface area contributed by atoms with Crippen LogP contribution < -0.4 is 69.1 Å². The van der Waals surface area contributed by atoms with E-state index < -0.39 is 31.4 Å². The molecule has 1 fully saturated rings. The van der Waals surface area contributed by atoms with E-state index >= 15 is 0 Å². The summed E-state index contributed by atoms with van der Waals surface area (Å²) in [5.41, 5.74) is -0.784. The van der Waals surface area contributed by atoms with Gasteiger partial charge in [-0.05, 0) is 19.3 Å². The first-order valence-corrected chi connectivity index (χ1v) is 5.79. The van der Waals surface area contributed by atoms with Gasteiger partial charge in [0.2, 0.25) is 0 Å². The number of hydrogen-bond acceptors (Lipinski definition) is 5. The molecule has 1 rings (SSSR count). The molecule has 1 unspecified atom stereocenters. The van der Waals surface area contributed by atoms with Crippen molar-refractivity contribution in [3.8, 4) is 0 Å². The van der Waals surface area contributed by atoms with Crippen LogP contribution in [0.5, 0.6) is 0 Å². The van der Waals surface area contributed by atoms with Gasteiger partial charge in [0.15, 0.2) is 5.52 Å². The van der Waals surface area contributed by atoms with Crippen molar-refractivity contribution in [3.63, 3.8) is 0 Å². The summed E-state index contributed by atoms with van der Waals surface area (Å²) in [6.45, 7) is 0. The molecule has 1 saturated carbocycles. The summed E-state index contributed by atoms with van der Waals surface area (Å²) in [5.74, 6) is -1.82. The van der Waals surface area contributed by atoms with Gasteiger partial charge in [-0.1, -0.05) is 0 Å². The first-order chi connectivity index (χ1) is 5.93. The molecule has 0 N–H and O–H groups in total. The maximum Gasteiger partial charge on any atom is 1.00 e. The Labute approximate surface area is 132 Å². The van der Waals surface area contributed by atoms with Gasteiger partial charge in [0.25, 0.3) is 0 Å². The molecule has 0 aromatic carbocycles. The Kier molecular flexibility index (Phi) is 9.49. The van der Waals surface area contributed by atoms with E-state index in [4.69, 9.17) is 0 Å². The topological polar surface area (TPSA) is 97.3 Å². The van der Waals surface area contributed by atoms with Crippen LogP contribution in [0.4, 0.5) is 0 Å². The van der Waals surface area contributed by atoms with Gasteiger partial charge in [-0.25, -0.2) is 0 Å². The van der Waals surface area contributed by atoms with Crippen LogP contribution in [0.15, 0.2) is 0 Å². The van der Waals surface area contributed by atoms with Crippen LogP contribution in [-0.4, -0.2) is 17.7 Å². The number of hydrogen-bond donors (Lipinski definition) is 0. The van der Waals surface area contributed by atoms with Crippen molar-refractivity contribution in [1.29, 1.82) is 0 Å². The van der Waals surface area contributed by atoms with Gasteiger partial charge in [0, 0.05) is 18.0 Å². The molecule has 0 aromatic rings. The van der Waals surface area contributed by atoms with Crippen molar-refractivity contribution < 1.29 is 83.3 Å². The van der Waals surface area contributed by atoms with E-state index in [-0.39, 0.29) is 65.0 Å². The largest absolute Gasteiger partial charge is 1.00 e. The van der Waals surface area contributed by atoms with Crippen molar-refractivity contribution in [2.75, 3.05) is 6.16 Å². The van der Waals surface area contributed by atoms with Crippen LogP contribution in [0, 0.1) is 5.92 Å². The molecule has 74 valence electrons. The fourth-order valence-electron chi connectivity index (χ4n) is 0.957. The minimum Gasteiger partial charge on any atom is -0.794 e. The smallest absolute Gasteiger partial charge is 0.794 e. The Hall–Kier alpha value is 1.33. The van der Waals surface area contributed by atoms with E-state index in [0.717, 1.165) is 0 Å². The van der Waals surface area contributed by atoms with Gasteiger partial charge in [0.05, 0.1) is 7.37 Å². The first-order valence-electron chi connectivity index (χ1n) is 3.98. The van der Waals surface area contributed by atoms with Crippen LogP contribution in [0.3, 0.4) is 0 Å². The van der Waals surface area contributed by atoms with E-state index in [1.165, 1.54) is 0 Å². The second-order valence-electron chi connectivity index (χ2n) is 3.13. The van der Waals surface area contributed by atoms with Crippen LogP contribution in [0.2, 0.25) is 0 Å². The Balaban J connectivity index is 0.